The molecular weight excluding hydrogens is 363 g/mol. The zero-order valence-electron chi connectivity index (χ0n) is 14.9. The maximum absolute atomic E-state index is 11.8. The molecule has 2 heteroatoms. The Kier molecular flexibility index (Phi) is 10.3. The second-order valence-electron chi connectivity index (χ2n) is 7.52. The predicted octanol–water partition coefficient (Wildman–Crippen LogP) is 6.59. The minimum atomic E-state index is -1.98. The third-order valence-corrected chi connectivity index (χ3v) is 21.7. The molecule has 1 unspecified atom stereocenters. The van der Waals surface area contributed by atoms with Crippen molar-refractivity contribution >= 4 is 24.2 Å². The van der Waals surface area contributed by atoms with Crippen molar-refractivity contribution in [3.05, 3.63) is 0 Å². The van der Waals surface area contributed by atoms with Crippen LogP contribution in [0.15, 0.2) is 0 Å². The van der Waals surface area contributed by atoms with Gasteiger partial charge in [0.05, 0.1) is 0 Å². The van der Waals surface area contributed by atoms with E-state index in [2.05, 4.69) is 20.8 Å². The fourth-order valence-electron chi connectivity index (χ4n) is 4.24. The molecule has 1 rings (SSSR count). The number of hydrogen-bond donors (Lipinski definition) is 0. The standard InChI is InChI=1S/C7H11O.3C4H9.Sn/c1-6-3-2-4-7(8)5-6;3*1-3-4-2;/h6H,1-5H2;3*1,3-4H2,2H3;. The SMILES string of the molecule is CCC[CH2][Sn]([CH2]CCC)([CH2]CCC)[CH2]C1CCCC(=O)C1. The summed E-state index contributed by atoms with van der Waals surface area (Å²) < 4.78 is 6.36. The van der Waals surface area contributed by atoms with E-state index in [-0.39, 0.29) is 0 Å². The van der Waals surface area contributed by atoms with E-state index in [1.807, 2.05) is 0 Å². The molecule has 1 aliphatic carbocycles. The van der Waals surface area contributed by atoms with E-state index in [0.717, 1.165) is 18.8 Å². The number of carbonyl (C=O) groups excluding carboxylic acids is 1. The molecule has 0 radical (unpaired) electrons. The first kappa shape index (κ1) is 19.5. The first-order valence-electron chi connectivity index (χ1n) is 9.67. The Morgan fingerprint density at radius 3 is 1.90 bits per heavy atom. The molecule has 1 saturated carbocycles. The summed E-state index contributed by atoms with van der Waals surface area (Å²) in [5.41, 5.74) is 0. The van der Waals surface area contributed by atoms with Crippen molar-refractivity contribution in [2.24, 2.45) is 5.92 Å². The number of rotatable bonds is 11. The number of hydrogen-bond acceptors (Lipinski definition) is 1. The van der Waals surface area contributed by atoms with Crippen LogP contribution in [0, 0.1) is 5.92 Å². The average molecular weight is 401 g/mol. The molecule has 0 aliphatic heterocycles. The molecule has 1 fully saturated rings. The quantitative estimate of drug-likeness (QED) is 0.357. The van der Waals surface area contributed by atoms with Gasteiger partial charge in [-0.2, -0.15) is 0 Å². The van der Waals surface area contributed by atoms with Crippen LogP contribution < -0.4 is 0 Å². The summed E-state index contributed by atoms with van der Waals surface area (Å²) in [7, 11) is 0. The minimum absolute atomic E-state index is 0.563. The van der Waals surface area contributed by atoms with Crippen molar-refractivity contribution in [3.63, 3.8) is 0 Å². The van der Waals surface area contributed by atoms with Crippen LogP contribution in [0.2, 0.25) is 17.7 Å². The molecule has 0 heterocycles. The molecule has 0 N–H and O–H groups in total. The number of Topliss-reactive ketones (excluding diaryl/α,β-unsaturated/α-hetero) is 1. The van der Waals surface area contributed by atoms with Crippen LogP contribution in [0.5, 0.6) is 0 Å². The second kappa shape index (κ2) is 11.1. The van der Waals surface area contributed by atoms with Crippen LogP contribution in [0.4, 0.5) is 0 Å². The number of ketones is 1. The molecule has 0 spiro atoms. The molecule has 0 aromatic heterocycles. The molecule has 1 aliphatic rings. The van der Waals surface area contributed by atoms with Gasteiger partial charge in [0.25, 0.3) is 0 Å². The fourth-order valence-corrected chi connectivity index (χ4v) is 22.1. The summed E-state index contributed by atoms with van der Waals surface area (Å²) in [6.45, 7) is 7.04. The Morgan fingerprint density at radius 2 is 1.48 bits per heavy atom. The van der Waals surface area contributed by atoms with Crippen molar-refractivity contribution in [1.82, 2.24) is 0 Å². The zero-order chi connectivity index (χ0) is 15.6. The Labute approximate surface area is 137 Å². The second-order valence-corrected chi connectivity index (χ2v) is 21.5. The van der Waals surface area contributed by atoms with Crippen LogP contribution in [0.25, 0.3) is 0 Å². The maximum atomic E-state index is 11.8. The summed E-state index contributed by atoms with van der Waals surface area (Å²) in [6.07, 6.45) is 12.8. The molecule has 0 aromatic carbocycles. The molecule has 0 aromatic rings. The van der Waals surface area contributed by atoms with Gasteiger partial charge in [-0.3, -0.25) is 0 Å². The Hall–Kier alpha value is 0.469. The van der Waals surface area contributed by atoms with Crippen LogP contribution >= 0.6 is 0 Å². The van der Waals surface area contributed by atoms with Gasteiger partial charge in [-0.15, -0.1) is 0 Å². The van der Waals surface area contributed by atoms with Gasteiger partial charge in [0.2, 0.25) is 0 Å². The summed E-state index contributed by atoms with van der Waals surface area (Å²) in [5.74, 6) is 1.35. The van der Waals surface area contributed by atoms with E-state index in [1.165, 1.54) is 51.4 Å². The predicted molar refractivity (Wildman–Crippen MR) is 96.7 cm³/mol. The third kappa shape index (κ3) is 7.52. The number of unbranched alkanes of at least 4 members (excludes halogenated alkanes) is 3. The van der Waals surface area contributed by atoms with Crippen LogP contribution in [-0.4, -0.2) is 24.2 Å². The summed E-state index contributed by atoms with van der Waals surface area (Å²) in [4.78, 5) is 11.8. The zero-order valence-corrected chi connectivity index (χ0v) is 17.7. The van der Waals surface area contributed by atoms with E-state index < -0.39 is 18.4 Å². The third-order valence-electron chi connectivity index (χ3n) is 5.49. The molecule has 1 atom stereocenters. The molecule has 1 nitrogen and oxygen atoms in total. The van der Waals surface area contributed by atoms with Crippen molar-refractivity contribution in [2.75, 3.05) is 0 Å². The van der Waals surface area contributed by atoms with E-state index >= 15 is 0 Å². The van der Waals surface area contributed by atoms with Crippen LogP contribution in [-0.2, 0) is 4.79 Å². The van der Waals surface area contributed by atoms with Gasteiger partial charge < -0.3 is 0 Å². The van der Waals surface area contributed by atoms with Crippen molar-refractivity contribution < 1.29 is 4.79 Å². The molecule has 0 amide bonds. The van der Waals surface area contributed by atoms with Crippen molar-refractivity contribution in [2.45, 2.75) is 103 Å². The van der Waals surface area contributed by atoms with Gasteiger partial charge in [-0.05, 0) is 0 Å². The monoisotopic (exact) mass is 402 g/mol. The van der Waals surface area contributed by atoms with Crippen LogP contribution in [0.3, 0.4) is 0 Å². The van der Waals surface area contributed by atoms with E-state index in [9.17, 15) is 4.79 Å². The molecular formula is C19H38OSn. The van der Waals surface area contributed by atoms with Gasteiger partial charge in [-0.25, -0.2) is 0 Å². The first-order valence-corrected chi connectivity index (χ1v) is 17.7. The fraction of sp³-hybridized carbons (Fsp3) is 0.947. The van der Waals surface area contributed by atoms with Crippen molar-refractivity contribution in [1.29, 1.82) is 0 Å². The Bertz CT molecular complexity index is 266. The van der Waals surface area contributed by atoms with Gasteiger partial charge in [-0.1, -0.05) is 0 Å². The van der Waals surface area contributed by atoms with Gasteiger partial charge >= 0.3 is 138 Å². The number of carbonyl (C=O) groups is 1. The van der Waals surface area contributed by atoms with Gasteiger partial charge in [0, 0.05) is 0 Å². The normalized spacial score (nSPS) is 20.0. The van der Waals surface area contributed by atoms with Gasteiger partial charge in [0.15, 0.2) is 0 Å². The molecule has 0 bridgehead atoms. The average Bonchev–Trinajstić information content (AvgIpc) is 2.48. The Morgan fingerprint density at radius 1 is 0.952 bits per heavy atom. The summed E-state index contributed by atoms with van der Waals surface area (Å²) >= 11 is -1.98. The molecule has 21 heavy (non-hydrogen) atoms. The molecule has 124 valence electrons. The topological polar surface area (TPSA) is 17.1 Å². The van der Waals surface area contributed by atoms with E-state index in [4.69, 9.17) is 0 Å². The van der Waals surface area contributed by atoms with E-state index in [0.29, 0.717) is 5.78 Å². The summed E-state index contributed by atoms with van der Waals surface area (Å²) in [6, 6.07) is 0. The van der Waals surface area contributed by atoms with Gasteiger partial charge in [0.1, 0.15) is 0 Å². The van der Waals surface area contributed by atoms with Crippen LogP contribution in [0.1, 0.15) is 85.0 Å². The summed E-state index contributed by atoms with van der Waals surface area (Å²) in [5, 5.41) is 0. The van der Waals surface area contributed by atoms with Crippen molar-refractivity contribution in [3.8, 4) is 0 Å². The van der Waals surface area contributed by atoms with E-state index in [1.54, 1.807) is 17.7 Å². The first-order chi connectivity index (χ1) is 10.2. The Balaban J connectivity index is 2.71. The molecule has 0 saturated heterocycles.